The molecule has 142 valence electrons. The number of esters is 1. The van der Waals surface area contributed by atoms with Crippen LogP contribution in [0.25, 0.3) is 0 Å². The third-order valence-electron chi connectivity index (χ3n) is 3.61. The van der Waals surface area contributed by atoms with E-state index in [-0.39, 0.29) is 11.5 Å². The van der Waals surface area contributed by atoms with Crippen LogP contribution in [0.1, 0.15) is 18.1 Å². The van der Waals surface area contributed by atoms with Gasteiger partial charge in [0.05, 0.1) is 22.6 Å². The van der Waals surface area contributed by atoms with Crippen LogP contribution in [0.5, 0.6) is 0 Å². The molecule has 27 heavy (non-hydrogen) atoms. The highest BCUT2D eigenvalue weighted by molar-refractivity contribution is 7.89. The summed E-state index contributed by atoms with van der Waals surface area (Å²) < 4.78 is 32.0. The number of nitriles is 1. The van der Waals surface area contributed by atoms with Crippen LogP contribution in [0.4, 0.5) is 0 Å². The lowest BCUT2D eigenvalue weighted by Gasteiger charge is -2.20. The Morgan fingerprint density at radius 3 is 2.33 bits per heavy atom. The number of halogens is 1. The largest absolute Gasteiger partial charge is 0.460 e. The molecule has 0 aromatic heterocycles. The van der Waals surface area contributed by atoms with E-state index in [9.17, 15) is 18.3 Å². The maximum Gasteiger partial charge on any atom is 0.327 e. The van der Waals surface area contributed by atoms with E-state index in [2.05, 4.69) is 4.72 Å². The van der Waals surface area contributed by atoms with E-state index in [1.165, 1.54) is 31.2 Å². The predicted octanol–water partition coefficient (Wildman–Crippen LogP) is 1.98. The van der Waals surface area contributed by atoms with E-state index in [0.717, 1.165) is 0 Å². The highest BCUT2D eigenvalue weighted by atomic mass is 35.5. The Labute approximate surface area is 162 Å². The van der Waals surface area contributed by atoms with Crippen LogP contribution in [-0.2, 0) is 26.2 Å². The minimum absolute atomic E-state index is 0.0996. The molecule has 0 bridgehead atoms. The van der Waals surface area contributed by atoms with Crippen molar-refractivity contribution in [2.24, 2.45) is 0 Å². The zero-order valence-corrected chi connectivity index (χ0v) is 15.9. The number of benzene rings is 2. The van der Waals surface area contributed by atoms with Crippen LogP contribution in [-0.4, -0.2) is 31.6 Å². The normalized spacial score (nSPS) is 13.4. The van der Waals surface area contributed by atoms with Gasteiger partial charge in [0.25, 0.3) is 0 Å². The first kappa shape index (κ1) is 20.9. The Kier molecular flexibility index (Phi) is 6.93. The number of nitrogens with zero attached hydrogens (tertiary/aromatic N) is 1. The smallest absolute Gasteiger partial charge is 0.327 e. The number of carbonyl (C=O) groups is 1. The molecule has 2 N–H and O–H groups in total. The van der Waals surface area contributed by atoms with Gasteiger partial charge in [0.15, 0.2) is 0 Å². The van der Waals surface area contributed by atoms with Crippen molar-refractivity contribution in [1.82, 2.24) is 4.72 Å². The minimum Gasteiger partial charge on any atom is -0.460 e. The van der Waals surface area contributed by atoms with Gasteiger partial charge in [-0.1, -0.05) is 23.7 Å². The summed E-state index contributed by atoms with van der Waals surface area (Å²) in [6.45, 7) is 1.15. The van der Waals surface area contributed by atoms with Crippen molar-refractivity contribution in [3.63, 3.8) is 0 Å². The number of rotatable bonds is 7. The first-order chi connectivity index (χ1) is 12.7. The van der Waals surface area contributed by atoms with Gasteiger partial charge in [-0.15, -0.1) is 0 Å². The van der Waals surface area contributed by atoms with Crippen LogP contribution in [0, 0.1) is 11.3 Å². The van der Waals surface area contributed by atoms with E-state index in [1.807, 2.05) is 6.07 Å². The van der Waals surface area contributed by atoms with E-state index >= 15 is 0 Å². The molecular formula is C18H17ClN2O5S. The number of aliphatic hydroxyl groups is 1. The molecule has 0 radical (unpaired) electrons. The predicted molar refractivity (Wildman–Crippen MR) is 98.2 cm³/mol. The van der Waals surface area contributed by atoms with E-state index in [1.54, 1.807) is 24.3 Å². The number of hydrogen-bond acceptors (Lipinski definition) is 6. The fourth-order valence-electron chi connectivity index (χ4n) is 2.11. The van der Waals surface area contributed by atoms with Gasteiger partial charge in [-0.2, -0.15) is 9.98 Å². The van der Waals surface area contributed by atoms with Gasteiger partial charge in [0, 0.05) is 5.02 Å². The Morgan fingerprint density at radius 2 is 1.81 bits per heavy atom. The SMILES string of the molecule is C[C@@H](O)[C@H](NS(=O)(=O)c1ccc(Cl)cc1)C(=O)OCc1ccc(C#N)cc1. The van der Waals surface area contributed by atoms with Crippen molar-refractivity contribution in [2.45, 2.75) is 30.6 Å². The van der Waals surface area contributed by atoms with Crippen LogP contribution in [0.15, 0.2) is 53.4 Å². The van der Waals surface area contributed by atoms with Crippen molar-refractivity contribution in [2.75, 3.05) is 0 Å². The third-order valence-corrected chi connectivity index (χ3v) is 5.32. The second-order valence-electron chi connectivity index (χ2n) is 5.71. The highest BCUT2D eigenvalue weighted by Crippen LogP contribution is 2.15. The summed E-state index contributed by atoms with van der Waals surface area (Å²) in [5.74, 6) is -0.924. The Hall–Kier alpha value is -2.44. The lowest BCUT2D eigenvalue weighted by molar-refractivity contribution is -0.149. The summed E-state index contributed by atoms with van der Waals surface area (Å²) in [7, 11) is -4.06. The van der Waals surface area contributed by atoms with Gasteiger partial charge in [0.2, 0.25) is 10.0 Å². The summed E-state index contributed by atoms with van der Waals surface area (Å²) in [6.07, 6.45) is -1.32. The summed E-state index contributed by atoms with van der Waals surface area (Å²) >= 11 is 5.74. The Bertz CT molecular complexity index is 935. The van der Waals surface area contributed by atoms with Crippen molar-refractivity contribution in [3.05, 3.63) is 64.7 Å². The molecule has 0 unspecified atom stereocenters. The minimum atomic E-state index is -4.06. The fourth-order valence-corrected chi connectivity index (χ4v) is 3.50. The first-order valence-corrected chi connectivity index (χ1v) is 9.70. The van der Waals surface area contributed by atoms with Gasteiger partial charge >= 0.3 is 5.97 Å². The van der Waals surface area contributed by atoms with Crippen LogP contribution < -0.4 is 4.72 Å². The van der Waals surface area contributed by atoms with Gasteiger partial charge in [0.1, 0.15) is 12.6 Å². The fraction of sp³-hybridized carbons (Fsp3) is 0.222. The summed E-state index contributed by atoms with van der Waals surface area (Å²) in [6, 6.07) is 12.2. The maximum absolute atomic E-state index is 12.4. The summed E-state index contributed by atoms with van der Waals surface area (Å²) in [5, 5.41) is 18.9. The molecule has 0 aliphatic heterocycles. The van der Waals surface area contributed by atoms with Crippen molar-refractivity contribution in [1.29, 1.82) is 5.26 Å². The lowest BCUT2D eigenvalue weighted by atomic mass is 10.1. The van der Waals surface area contributed by atoms with Gasteiger partial charge in [-0.25, -0.2) is 8.42 Å². The van der Waals surface area contributed by atoms with Crippen molar-refractivity contribution < 1.29 is 23.1 Å². The Balaban J connectivity index is 2.07. The molecule has 0 amide bonds. The Morgan fingerprint density at radius 1 is 1.22 bits per heavy atom. The standard InChI is InChI=1S/C18H17ClN2O5S/c1-12(22)17(21-27(24,25)16-8-6-15(19)7-9-16)18(23)26-11-14-4-2-13(10-20)3-5-14/h2-9,12,17,21-22H,11H2,1H3/t12-,17+/m1/s1. The molecule has 0 aliphatic carbocycles. The molecule has 7 nitrogen and oxygen atoms in total. The van der Waals surface area contributed by atoms with E-state index < -0.39 is 28.1 Å². The number of hydrogen-bond donors (Lipinski definition) is 2. The monoisotopic (exact) mass is 408 g/mol. The average Bonchev–Trinajstić information content (AvgIpc) is 2.64. The summed E-state index contributed by atoms with van der Waals surface area (Å²) in [4.78, 5) is 12.2. The number of aliphatic hydroxyl groups excluding tert-OH is 1. The van der Waals surface area contributed by atoms with Crippen LogP contribution >= 0.6 is 11.6 Å². The molecular weight excluding hydrogens is 392 g/mol. The molecule has 2 aromatic carbocycles. The second kappa shape index (κ2) is 8.97. The van der Waals surface area contributed by atoms with Crippen LogP contribution in [0.3, 0.4) is 0 Å². The van der Waals surface area contributed by atoms with Crippen molar-refractivity contribution >= 4 is 27.6 Å². The third kappa shape index (κ3) is 5.77. The molecule has 0 aliphatic rings. The maximum atomic E-state index is 12.4. The lowest BCUT2D eigenvalue weighted by Crippen LogP contribution is -2.48. The first-order valence-electron chi connectivity index (χ1n) is 7.84. The number of carbonyl (C=O) groups excluding carboxylic acids is 1. The zero-order chi connectivity index (χ0) is 20.0. The second-order valence-corrected chi connectivity index (χ2v) is 7.86. The molecule has 0 saturated heterocycles. The van der Waals surface area contributed by atoms with Crippen molar-refractivity contribution in [3.8, 4) is 6.07 Å². The van der Waals surface area contributed by atoms with Crippen LogP contribution in [0.2, 0.25) is 5.02 Å². The van der Waals surface area contributed by atoms with E-state index in [4.69, 9.17) is 21.6 Å². The molecule has 0 fully saturated rings. The zero-order valence-electron chi connectivity index (χ0n) is 14.3. The number of nitrogens with one attached hydrogen (secondary N) is 1. The molecule has 2 atom stereocenters. The van der Waals surface area contributed by atoms with Gasteiger partial charge in [-0.3, -0.25) is 4.79 Å². The van der Waals surface area contributed by atoms with Gasteiger partial charge in [-0.05, 0) is 48.9 Å². The molecule has 2 rings (SSSR count). The molecule has 0 spiro atoms. The quantitative estimate of drug-likeness (QED) is 0.676. The topological polar surface area (TPSA) is 116 Å². The molecule has 9 heteroatoms. The molecule has 0 saturated carbocycles. The number of sulfonamides is 1. The number of ether oxygens (including phenoxy) is 1. The highest BCUT2D eigenvalue weighted by Gasteiger charge is 2.31. The average molecular weight is 409 g/mol. The van der Waals surface area contributed by atoms with E-state index in [0.29, 0.717) is 16.1 Å². The van der Waals surface area contributed by atoms with Gasteiger partial charge < -0.3 is 9.84 Å². The molecule has 0 heterocycles. The summed E-state index contributed by atoms with van der Waals surface area (Å²) in [5.41, 5.74) is 1.08. The molecule has 2 aromatic rings.